The van der Waals surface area contributed by atoms with Gasteiger partial charge in [-0.3, -0.25) is 9.59 Å². The van der Waals surface area contributed by atoms with Gasteiger partial charge in [0.1, 0.15) is 11.8 Å². The van der Waals surface area contributed by atoms with Gasteiger partial charge >= 0.3 is 0 Å². The number of hydrogen-bond donors (Lipinski definition) is 1. The van der Waals surface area contributed by atoms with Gasteiger partial charge in [-0.1, -0.05) is 56.3 Å². The van der Waals surface area contributed by atoms with Crippen LogP contribution in [-0.2, 0) is 22.4 Å². The lowest BCUT2D eigenvalue weighted by atomic mass is 10.1. The van der Waals surface area contributed by atoms with Gasteiger partial charge in [0, 0.05) is 12.1 Å². The smallest absolute Gasteiger partial charge is 0.261 e. The van der Waals surface area contributed by atoms with E-state index in [2.05, 4.69) is 12.2 Å². The van der Waals surface area contributed by atoms with Crippen LogP contribution in [0.25, 0.3) is 0 Å². The minimum absolute atomic E-state index is 0.0977. The number of hydrogen-bond acceptors (Lipinski definition) is 3. The fourth-order valence-corrected chi connectivity index (χ4v) is 3.40. The molecular formula is C26H36N2O3. The van der Waals surface area contributed by atoms with Crippen molar-refractivity contribution in [1.29, 1.82) is 0 Å². The Bertz CT molecular complexity index is 826. The second kappa shape index (κ2) is 11.5. The number of aryl methyl sites for hydroxylation is 1. The van der Waals surface area contributed by atoms with Crippen LogP contribution in [0.4, 0.5) is 0 Å². The van der Waals surface area contributed by atoms with Crippen LogP contribution in [0.2, 0.25) is 0 Å². The molecule has 5 heteroatoms. The molecule has 31 heavy (non-hydrogen) atoms. The topological polar surface area (TPSA) is 58.6 Å². The first-order chi connectivity index (χ1) is 14.7. The highest BCUT2D eigenvalue weighted by atomic mass is 16.5. The average Bonchev–Trinajstić information content (AvgIpc) is 2.74. The molecule has 0 aliphatic heterocycles. The maximum absolute atomic E-state index is 13.2. The molecule has 0 saturated heterocycles. The van der Waals surface area contributed by atoms with Gasteiger partial charge in [-0.15, -0.1) is 0 Å². The normalized spacial score (nSPS) is 12.2. The first kappa shape index (κ1) is 24.4. The zero-order valence-electron chi connectivity index (χ0n) is 19.5. The van der Waals surface area contributed by atoms with Gasteiger partial charge in [-0.05, 0) is 63.3 Å². The largest absolute Gasteiger partial charge is 0.484 e. The Kier molecular flexibility index (Phi) is 9.10. The molecule has 168 valence electrons. The number of benzene rings is 2. The zero-order chi connectivity index (χ0) is 22.9. The molecule has 0 radical (unpaired) electrons. The summed E-state index contributed by atoms with van der Waals surface area (Å²) in [5.74, 6) is 0.330. The second-order valence-electron chi connectivity index (χ2n) is 8.77. The molecule has 1 N–H and O–H groups in total. The minimum Gasteiger partial charge on any atom is -0.484 e. The fraction of sp³-hybridized carbons (Fsp3) is 0.462. The maximum atomic E-state index is 13.2. The Labute approximate surface area is 186 Å². The van der Waals surface area contributed by atoms with Gasteiger partial charge in [0.2, 0.25) is 5.91 Å². The van der Waals surface area contributed by atoms with Crippen LogP contribution in [0.5, 0.6) is 5.75 Å². The standard InChI is InChI=1S/C26H36N2O3/c1-6-20-13-15-22(16-14-20)31-19-24(29)28(18-17-21-11-9-8-10-12-21)23(7-2)25(30)27-26(3,4)5/h8-16,23H,6-7,17-19H2,1-5H3,(H,27,30)/t23-/m0/s1. The lowest BCUT2D eigenvalue weighted by molar-refractivity contribution is -0.142. The molecule has 0 aliphatic rings. The quantitative estimate of drug-likeness (QED) is 0.615. The third-order valence-electron chi connectivity index (χ3n) is 5.06. The van der Waals surface area contributed by atoms with E-state index in [-0.39, 0.29) is 24.0 Å². The van der Waals surface area contributed by atoms with Gasteiger partial charge in [-0.2, -0.15) is 0 Å². The summed E-state index contributed by atoms with van der Waals surface area (Å²) < 4.78 is 5.75. The van der Waals surface area contributed by atoms with Gasteiger partial charge in [-0.25, -0.2) is 0 Å². The van der Waals surface area contributed by atoms with Crippen molar-refractivity contribution in [3.8, 4) is 5.75 Å². The summed E-state index contributed by atoms with van der Waals surface area (Å²) in [6.45, 7) is 10.2. The van der Waals surface area contributed by atoms with Crippen molar-refractivity contribution in [2.45, 2.75) is 65.5 Å². The molecule has 2 aromatic carbocycles. The number of ether oxygens (including phenoxy) is 1. The van der Waals surface area contributed by atoms with Crippen LogP contribution < -0.4 is 10.1 Å². The molecule has 2 aromatic rings. The maximum Gasteiger partial charge on any atom is 0.261 e. The van der Waals surface area contributed by atoms with Gasteiger partial charge in [0.05, 0.1) is 0 Å². The molecule has 2 amide bonds. The molecule has 1 atom stereocenters. The van der Waals surface area contributed by atoms with E-state index in [1.807, 2.05) is 82.3 Å². The number of rotatable bonds is 10. The summed E-state index contributed by atoms with van der Waals surface area (Å²) in [6.07, 6.45) is 2.16. The molecule has 0 aliphatic carbocycles. The molecule has 0 bridgehead atoms. The van der Waals surface area contributed by atoms with E-state index in [4.69, 9.17) is 4.74 Å². The summed E-state index contributed by atoms with van der Waals surface area (Å²) >= 11 is 0. The molecule has 0 saturated carbocycles. The van der Waals surface area contributed by atoms with Crippen molar-refractivity contribution in [3.63, 3.8) is 0 Å². The lowest BCUT2D eigenvalue weighted by Gasteiger charge is -2.33. The minimum atomic E-state index is -0.540. The van der Waals surface area contributed by atoms with E-state index < -0.39 is 6.04 Å². The summed E-state index contributed by atoms with van der Waals surface area (Å²) in [6, 6.07) is 17.2. The van der Waals surface area contributed by atoms with Crippen LogP contribution in [0.1, 0.15) is 52.2 Å². The molecule has 0 heterocycles. The van der Waals surface area contributed by atoms with E-state index in [0.717, 1.165) is 12.0 Å². The van der Waals surface area contributed by atoms with Crippen LogP contribution >= 0.6 is 0 Å². The van der Waals surface area contributed by atoms with E-state index in [0.29, 0.717) is 25.1 Å². The Morgan fingerprint density at radius 1 is 0.968 bits per heavy atom. The molecule has 2 rings (SSSR count). The summed E-state index contributed by atoms with van der Waals surface area (Å²) in [7, 11) is 0. The summed E-state index contributed by atoms with van der Waals surface area (Å²) in [5.41, 5.74) is 1.98. The third kappa shape index (κ3) is 8.08. The molecule has 5 nitrogen and oxygen atoms in total. The second-order valence-corrected chi connectivity index (χ2v) is 8.77. The molecule has 0 fully saturated rings. The van der Waals surface area contributed by atoms with Crippen LogP contribution in [0.15, 0.2) is 54.6 Å². The van der Waals surface area contributed by atoms with Crippen molar-refractivity contribution >= 4 is 11.8 Å². The van der Waals surface area contributed by atoms with E-state index in [1.54, 1.807) is 4.90 Å². The highest BCUT2D eigenvalue weighted by Gasteiger charge is 2.30. The van der Waals surface area contributed by atoms with Crippen molar-refractivity contribution in [2.75, 3.05) is 13.2 Å². The van der Waals surface area contributed by atoms with E-state index in [1.165, 1.54) is 5.56 Å². The van der Waals surface area contributed by atoms with Gasteiger partial charge in [0.25, 0.3) is 5.91 Å². The number of nitrogens with zero attached hydrogens (tertiary/aromatic N) is 1. The van der Waals surface area contributed by atoms with Crippen molar-refractivity contribution in [1.82, 2.24) is 10.2 Å². The number of nitrogens with one attached hydrogen (secondary N) is 1. The van der Waals surface area contributed by atoms with Crippen LogP contribution in [0.3, 0.4) is 0 Å². The number of amides is 2. The SMILES string of the molecule is CCc1ccc(OCC(=O)N(CCc2ccccc2)[C@@H](CC)C(=O)NC(C)(C)C)cc1. The first-order valence-electron chi connectivity index (χ1n) is 11.1. The zero-order valence-corrected chi connectivity index (χ0v) is 19.5. The Morgan fingerprint density at radius 2 is 1.61 bits per heavy atom. The first-order valence-corrected chi connectivity index (χ1v) is 11.1. The van der Waals surface area contributed by atoms with Crippen LogP contribution in [-0.4, -0.2) is 41.4 Å². The predicted octanol–water partition coefficient (Wildman–Crippen LogP) is 4.39. The van der Waals surface area contributed by atoms with Gasteiger partial charge < -0.3 is 15.0 Å². The highest BCUT2D eigenvalue weighted by Crippen LogP contribution is 2.15. The lowest BCUT2D eigenvalue weighted by Crippen LogP contribution is -2.54. The molecule has 0 unspecified atom stereocenters. The van der Waals surface area contributed by atoms with Crippen molar-refractivity contribution < 1.29 is 14.3 Å². The third-order valence-corrected chi connectivity index (χ3v) is 5.06. The van der Waals surface area contributed by atoms with Crippen molar-refractivity contribution in [3.05, 3.63) is 65.7 Å². The number of carbonyl (C=O) groups excluding carboxylic acids is 2. The predicted molar refractivity (Wildman–Crippen MR) is 125 cm³/mol. The number of carbonyl (C=O) groups is 2. The van der Waals surface area contributed by atoms with Crippen molar-refractivity contribution in [2.24, 2.45) is 0 Å². The average molecular weight is 425 g/mol. The Morgan fingerprint density at radius 3 is 2.16 bits per heavy atom. The highest BCUT2D eigenvalue weighted by molar-refractivity contribution is 5.88. The monoisotopic (exact) mass is 424 g/mol. The van der Waals surface area contributed by atoms with E-state index >= 15 is 0 Å². The summed E-state index contributed by atoms with van der Waals surface area (Å²) in [4.78, 5) is 27.8. The van der Waals surface area contributed by atoms with E-state index in [9.17, 15) is 9.59 Å². The van der Waals surface area contributed by atoms with Gasteiger partial charge in [0.15, 0.2) is 6.61 Å². The summed E-state index contributed by atoms with van der Waals surface area (Å²) in [5, 5.41) is 3.02. The van der Waals surface area contributed by atoms with Crippen LogP contribution in [0, 0.1) is 0 Å². The molecule has 0 spiro atoms. The Balaban J connectivity index is 2.13. The fourth-order valence-electron chi connectivity index (χ4n) is 3.40. The molecule has 0 aromatic heterocycles. The molecular weight excluding hydrogens is 388 g/mol. The Hall–Kier alpha value is -2.82.